The van der Waals surface area contributed by atoms with Gasteiger partial charge in [0, 0.05) is 13.1 Å². The fraction of sp³-hybridized carbons (Fsp3) is 0.684. The van der Waals surface area contributed by atoms with Gasteiger partial charge in [-0.3, -0.25) is 4.90 Å². The molecule has 3 nitrogen and oxygen atoms in total. The van der Waals surface area contributed by atoms with Crippen LogP contribution in [0.15, 0.2) is 24.3 Å². The summed E-state index contributed by atoms with van der Waals surface area (Å²) in [5.74, 6) is 1.01. The number of morpholine rings is 1. The Labute approximate surface area is 135 Å². The molecule has 0 N–H and O–H groups in total. The van der Waals surface area contributed by atoms with Crippen molar-refractivity contribution in [2.24, 2.45) is 0 Å². The van der Waals surface area contributed by atoms with Crippen LogP contribution in [0.1, 0.15) is 44.6 Å². The van der Waals surface area contributed by atoms with Crippen molar-refractivity contribution in [1.82, 2.24) is 4.90 Å². The van der Waals surface area contributed by atoms with Gasteiger partial charge in [-0.15, -0.1) is 0 Å². The van der Waals surface area contributed by atoms with Crippen molar-refractivity contribution in [3.8, 4) is 5.75 Å². The number of hydrogen-bond acceptors (Lipinski definition) is 3. The lowest BCUT2D eigenvalue weighted by atomic mass is 10.1. The number of unbranched alkanes of at least 4 members (excludes halogenated alkanes) is 3. The number of aryl methyl sites for hydroxylation is 1. The Bertz CT molecular complexity index is 385. The highest BCUT2D eigenvalue weighted by molar-refractivity contribution is 5.27. The highest BCUT2D eigenvalue weighted by atomic mass is 16.5. The van der Waals surface area contributed by atoms with Gasteiger partial charge in [-0.1, -0.05) is 38.3 Å². The van der Waals surface area contributed by atoms with Crippen LogP contribution in [-0.2, 0) is 11.2 Å². The molecule has 1 aromatic rings. The standard InChI is InChI=1S/C19H31NO2/c1-2-3-4-5-15-22-19-10-8-18(9-11-19)7-6-12-20-13-16-21-17-14-20/h8-11H,2-7,12-17H2,1H3. The fourth-order valence-corrected chi connectivity index (χ4v) is 2.80. The number of benzene rings is 1. The van der Waals surface area contributed by atoms with Gasteiger partial charge in [-0.25, -0.2) is 0 Å². The topological polar surface area (TPSA) is 21.7 Å². The summed E-state index contributed by atoms with van der Waals surface area (Å²) in [6, 6.07) is 8.65. The molecule has 0 aliphatic carbocycles. The molecule has 1 heterocycles. The Morgan fingerprint density at radius 1 is 1.00 bits per heavy atom. The molecule has 1 aromatic carbocycles. The molecular weight excluding hydrogens is 274 g/mol. The number of ether oxygens (including phenoxy) is 2. The van der Waals surface area contributed by atoms with Crippen LogP contribution in [0.5, 0.6) is 5.75 Å². The SMILES string of the molecule is CCCCCCOc1ccc(CCCN2CCOCC2)cc1. The zero-order valence-electron chi connectivity index (χ0n) is 14.1. The van der Waals surface area contributed by atoms with Crippen molar-refractivity contribution in [1.29, 1.82) is 0 Å². The van der Waals surface area contributed by atoms with Crippen molar-refractivity contribution < 1.29 is 9.47 Å². The molecule has 1 saturated heterocycles. The summed E-state index contributed by atoms with van der Waals surface area (Å²) in [7, 11) is 0. The molecule has 1 fully saturated rings. The molecule has 22 heavy (non-hydrogen) atoms. The first-order valence-corrected chi connectivity index (χ1v) is 8.90. The van der Waals surface area contributed by atoms with Gasteiger partial charge < -0.3 is 9.47 Å². The van der Waals surface area contributed by atoms with E-state index >= 15 is 0 Å². The maximum atomic E-state index is 5.79. The van der Waals surface area contributed by atoms with E-state index in [1.165, 1.54) is 37.8 Å². The monoisotopic (exact) mass is 305 g/mol. The van der Waals surface area contributed by atoms with E-state index in [0.717, 1.165) is 51.5 Å². The van der Waals surface area contributed by atoms with Crippen LogP contribution in [0.4, 0.5) is 0 Å². The molecular formula is C19H31NO2. The lowest BCUT2D eigenvalue weighted by Crippen LogP contribution is -2.36. The average molecular weight is 305 g/mol. The highest BCUT2D eigenvalue weighted by Gasteiger charge is 2.09. The largest absolute Gasteiger partial charge is 0.494 e. The van der Waals surface area contributed by atoms with Gasteiger partial charge in [0.05, 0.1) is 19.8 Å². The minimum atomic E-state index is 0.844. The fourth-order valence-electron chi connectivity index (χ4n) is 2.80. The van der Waals surface area contributed by atoms with Crippen LogP contribution < -0.4 is 4.74 Å². The zero-order valence-corrected chi connectivity index (χ0v) is 14.1. The van der Waals surface area contributed by atoms with Gasteiger partial charge in [-0.2, -0.15) is 0 Å². The van der Waals surface area contributed by atoms with Gasteiger partial charge in [0.15, 0.2) is 0 Å². The summed E-state index contributed by atoms with van der Waals surface area (Å²) in [6.07, 6.45) is 7.39. The molecule has 0 atom stereocenters. The Hall–Kier alpha value is -1.06. The molecule has 3 heteroatoms. The van der Waals surface area contributed by atoms with E-state index in [0.29, 0.717) is 0 Å². The summed E-state index contributed by atoms with van der Waals surface area (Å²) in [6.45, 7) is 8.22. The van der Waals surface area contributed by atoms with Crippen LogP contribution in [0, 0.1) is 0 Å². The molecule has 1 aliphatic rings. The molecule has 0 unspecified atom stereocenters. The summed E-state index contributed by atoms with van der Waals surface area (Å²) in [5, 5.41) is 0. The van der Waals surface area contributed by atoms with Crippen LogP contribution in [-0.4, -0.2) is 44.4 Å². The van der Waals surface area contributed by atoms with Crippen LogP contribution in [0.3, 0.4) is 0 Å². The molecule has 0 radical (unpaired) electrons. The summed E-state index contributed by atoms with van der Waals surface area (Å²) >= 11 is 0. The number of hydrogen-bond donors (Lipinski definition) is 0. The van der Waals surface area contributed by atoms with Crippen LogP contribution >= 0.6 is 0 Å². The smallest absolute Gasteiger partial charge is 0.119 e. The van der Waals surface area contributed by atoms with Crippen molar-refractivity contribution in [2.45, 2.75) is 45.4 Å². The van der Waals surface area contributed by atoms with Crippen LogP contribution in [0.2, 0.25) is 0 Å². The zero-order chi connectivity index (χ0) is 15.5. The van der Waals surface area contributed by atoms with E-state index in [4.69, 9.17) is 9.47 Å². The maximum absolute atomic E-state index is 5.79. The second-order valence-electron chi connectivity index (χ2n) is 6.11. The van der Waals surface area contributed by atoms with E-state index in [2.05, 4.69) is 36.1 Å². The molecule has 0 spiro atoms. The van der Waals surface area contributed by atoms with Gasteiger partial charge >= 0.3 is 0 Å². The quantitative estimate of drug-likeness (QED) is 0.612. The van der Waals surface area contributed by atoms with Crippen LogP contribution in [0.25, 0.3) is 0 Å². The molecule has 0 aromatic heterocycles. The Kier molecular flexibility index (Phi) is 8.36. The lowest BCUT2D eigenvalue weighted by Gasteiger charge is -2.26. The predicted octanol–water partition coefficient (Wildman–Crippen LogP) is 3.91. The molecule has 1 aliphatic heterocycles. The van der Waals surface area contributed by atoms with Crippen molar-refractivity contribution in [3.05, 3.63) is 29.8 Å². The summed E-state index contributed by atoms with van der Waals surface area (Å²) in [5.41, 5.74) is 1.41. The van der Waals surface area contributed by atoms with Crippen molar-refractivity contribution in [3.63, 3.8) is 0 Å². The number of nitrogens with zero attached hydrogens (tertiary/aromatic N) is 1. The van der Waals surface area contributed by atoms with E-state index in [1.807, 2.05) is 0 Å². The third-order valence-electron chi connectivity index (χ3n) is 4.23. The lowest BCUT2D eigenvalue weighted by molar-refractivity contribution is 0.0374. The van der Waals surface area contributed by atoms with E-state index in [-0.39, 0.29) is 0 Å². The molecule has 0 saturated carbocycles. The Morgan fingerprint density at radius 2 is 1.77 bits per heavy atom. The third kappa shape index (κ3) is 6.80. The molecule has 0 amide bonds. The second-order valence-corrected chi connectivity index (χ2v) is 6.11. The first-order valence-electron chi connectivity index (χ1n) is 8.90. The van der Waals surface area contributed by atoms with E-state index in [9.17, 15) is 0 Å². The molecule has 124 valence electrons. The Morgan fingerprint density at radius 3 is 2.50 bits per heavy atom. The second kappa shape index (κ2) is 10.6. The van der Waals surface area contributed by atoms with Crippen molar-refractivity contribution in [2.75, 3.05) is 39.5 Å². The molecule has 2 rings (SSSR count). The average Bonchev–Trinajstić information content (AvgIpc) is 2.57. The summed E-state index contributed by atoms with van der Waals surface area (Å²) in [4.78, 5) is 2.50. The minimum Gasteiger partial charge on any atom is -0.494 e. The number of rotatable bonds is 10. The first-order chi connectivity index (χ1) is 10.9. The van der Waals surface area contributed by atoms with Gasteiger partial charge in [-0.05, 0) is 43.5 Å². The third-order valence-corrected chi connectivity index (χ3v) is 4.23. The molecule has 0 bridgehead atoms. The van der Waals surface area contributed by atoms with Gasteiger partial charge in [0.2, 0.25) is 0 Å². The first kappa shape index (κ1) is 17.3. The maximum Gasteiger partial charge on any atom is 0.119 e. The normalized spacial score (nSPS) is 15.9. The van der Waals surface area contributed by atoms with Crippen molar-refractivity contribution >= 4 is 0 Å². The summed E-state index contributed by atoms with van der Waals surface area (Å²) < 4.78 is 11.2. The van der Waals surface area contributed by atoms with E-state index in [1.54, 1.807) is 0 Å². The minimum absolute atomic E-state index is 0.844. The Balaban J connectivity index is 1.59. The van der Waals surface area contributed by atoms with E-state index < -0.39 is 0 Å². The van der Waals surface area contributed by atoms with Gasteiger partial charge in [0.25, 0.3) is 0 Å². The van der Waals surface area contributed by atoms with Gasteiger partial charge in [0.1, 0.15) is 5.75 Å². The highest BCUT2D eigenvalue weighted by Crippen LogP contribution is 2.14. The predicted molar refractivity (Wildman–Crippen MR) is 91.7 cm³/mol.